The number of hydrogen-bond donors (Lipinski definition) is 1. The molecule has 2 aliphatic rings. The Morgan fingerprint density at radius 3 is 2.83 bits per heavy atom. The molecule has 2 unspecified atom stereocenters. The number of hydrogen-bond acceptors (Lipinski definition) is 3. The second kappa shape index (κ2) is 6.12. The molecule has 0 aromatic heterocycles. The predicted molar refractivity (Wildman–Crippen MR) is 65.2 cm³/mol. The number of ether oxygens (including phenoxy) is 1. The number of carbonyl (C=O) groups is 1. The number of halogens is 3. The van der Waals surface area contributed by atoms with Gasteiger partial charge in [-0.2, -0.15) is 0 Å². The molecular formula is C11H19ClF2N2O2. The number of morpholine rings is 1. The molecular weight excluding hydrogens is 266 g/mol. The van der Waals surface area contributed by atoms with Gasteiger partial charge in [0.15, 0.2) is 0 Å². The van der Waals surface area contributed by atoms with Crippen molar-refractivity contribution in [3.8, 4) is 0 Å². The van der Waals surface area contributed by atoms with Gasteiger partial charge in [-0.25, -0.2) is 8.78 Å². The van der Waals surface area contributed by atoms with Crippen LogP contribution < -0.4 is 5.32 Å². The molecule has 0 aromatic rings. The first kappa shape index (κ1) is 15.6. The first-order valence-electron chi connectivity index (χ1n) is 6.03. The molecule has 0 saturated carbocycles. The van der Waals surface area contributed by atoms with E-state index >= 15 is 0 Å². The molecule has 0 bridgehead atoms. The molecule has 0 aromatic carbocycles. The van der Waals surface area contributed by atoms with Crippen LogP contribution in [0.15, 0.2) is 0 Å². The van der Waals surface area contributed by atoms with Crippen LogP contribution in [-0.4, -0.2) is 55.1 Å². The Kier molecular flexibility index (Phi) is 5.31. The normalized spacial score (nSPS) is 30.9. The second-order valence-electron chi connectivity index (χ2n) is 4.68. The summed E-state index contributed by atoms with van der Waals surface area (Å²) in [6.45, 7) is 3.09. The van der Waals surface area contributed by atoms with Crippen LogP contribution in [0.4, 0.5) is 8.78 Å². The fourth-order valence-electron chi connectivity index (χ4n) is 2.28. The molecule has 7 heteroatoms. The number of nitrogens with zero attached hydrogens (tertiary/aromatic N) is 1. The van der Waals surface area contributed by atoms with Gasteiger partial charge in [-0.1, -0.05) is 6.92 Å². The molecule has 2 atom stereocenters. The van der Waals surface area contributed by atoms with Gasteiger partial charge in [-0.05, 0) is 6.42 Å². The van der Waals surface area contributed by atoms with E-state index in [1.165, 1.54) is 0 Å². The van der Waals surface area contributed by atoms with Crippen LogP contribution >= 0.6 is 12.4 Å². The number of amides is 1. The highest BCUT2D eigenvalue weighted by Gasteiger charge is 2.43. The summed E-state index contributed by atoms with van der Waals surface area (Å²) in [7, 11) is 0. The van der Waals surface area contributed by atoms with Crippen LogP contribution in [-0.2, 0) is 9.53 Å². The van der Waals surface area contributed by atoms with E-state index in [1.54, 1.807) is 4.90 Å². The van der Waals surface area contributed by atoms with Crippen LogP contribution in [0.3, 0.4) is 0 Å². The summed E-state index contributed by atoms with van der Waals surface area (Å²) in [4.78, 5) is 13.7. The van der Waals surface area contributed by atoms with Crippen molar-refractivity contribution >= 4 is 18.3 Å². The lowest BCUT2D eigenvalue weighted by Crippen LogP contribution is -2.51. The first-order chi connectivity index (χ1) is 8.02. The molecule has 0 aliphatic carbocycles. The minimum absolute atomic E-state index is 0. The Bertz CT molecular complexity index is 305. The standard InChI is InChI=1S/C11H18F2N2O2.ClH/c1-2-8-6-15(3-4-17-8)10(16)9-5-11(12,13)7-14-9;/h8-9,14H,2-7H2,1H3;1H. The SMILES string of the molecule is CCC1CN(C(=O)C2CC(F)(F)CN2)CCO1.Cl. The van der Waals surface area contributed by atoms with Gasteiger partial charge in [-0.15, -0.1) is 12.4 Å². The minimum Gasteiger partial charge on any atom is -0.375 e. The smallest absolute Gasteiger partial charge is 0.262 e. The van der Waals surface area contributed by atoms with Crippen molar-refractivity contribution in [3.05, 3.63) is 0 Å². The molecule has 0 radical (unpaired) electrons. The predicted octanol–water partition coefficient (Wildman–Crippen LogP) is 1.04. The maximum absolute atomic E-state index is 13.0. The van der Waals surface area contributed by atoms with Gasteiger partial charge >= 0.3 is 0 Å². The van der Waals surface area contributed by atoms with Crippen molar-refractivity contribution in [2.45, 2.75) is 37.8 Å². The fraction of sp³-hybridized carbons (Fsp3) is 0.909. The topological polar surface area (TPSA) is 41.6 Å². The van der Waals surface area contributed by atoms with E-state index in [-0.39, 0.29) is 30.8 Å². The highest BCUT2D eigenvalue weighted by Crippen LogP contribution is 2.26. The summed E-state index contributed by atoms with van der Waals surface area (Å²) in [5, 5.41) is 2.59. The zero-order chi connectivity index (χ0) is 12.5. The average molecular weight is 285 g/mol. The van der Waals surface area contributed by atoms with Crippen molar-refractivity contribution in [1.29, 1.82) is 0 Å². The summed E-state index contributed by atoms with van der Waals surface area (Å²) < 4.78 is 31.5. The Morgan fingerprint density at radius 2 is 2.28 bits per heavy atom. The Balaban J connectivity index is 0.00000162. The van der Waals surface area contributed by atoms with E-state index in [0.717, 1.165) is 6.42 Å². The molecule has 2 aliphatic heterocycles. The zero-order valence-corrected chi connectivity index (χ0v) is 11.1. The summed E-state index contributed by atoms with van der Waals surface area (Å²) in [5.74, 6) is -2.97. The molecule has 106 valence electrons. The number of carbonyl (C=O) groups excluding carboxylic acids is 1. The van der Waals surface area contributed by atoms with Crippen LogP contribution in [0.2, 0.25) is 0 Å². The molecule has 4 nitrogen and oxygen atoms in total. The molecule has 2 rings (SSSR count). The third-order valence-corrected chi connectivity index (χ3v) is 3.31. The fourth-order valence-corrected chi connectivity index (χ4v) is 2.28. The number of nitrogens with one attached hydrogen (secondary N) is 1. The van der Waals surface area contributed by atoms with Crippen LogP contribution in [0.5, 0.6) is 0 Å². The van der Waals surface area contributed by atoms with Gasteiger partial charge in [0.25, 0.3) is 5.92 Å². The van der Waals surface area contributed by atoms with E-state index in [9.17, 15) is 13.6 Å². The average Bonchev–Trinajstić information content (AvgIpc) is 2.69. The van der Waals surface area contributed by atoms with E-state index in [4.69, 9.17) is 4.74 Å². The summed E-state index contributed by atoms with van der Waals surface area (Å²) >= 11 is 0. The summed E-state index contributed by atoms with van der Waals surface area (Å²) in [6.07, 6.45) is 0.479. The van der Waals surface area contributed by atoms with Crippen molar-refractivity contribution in [2.24, 2.45) is 0 Å². The van der Waals surface area contributed by atoms with Gasteiger partial charge in [0.2, 0.25) is 5.91 Å². The molecule has 1 amide bonds. The lowest BCUT2D eigenvalue weighted by molar-refractivity contribution is -0.141. The molecule has 2 saturated heterocycles. The Morgan fingerprint density at radius 1 is 1.56 bits per heavy atom. The van der Waals surface area contributed by atoms with Crippen LogP contribution in [0.1, 0.15) is 19.8 Å². The minimum atomic E-state index is -2.75. The van der Waals surface area contributed by atoms with Crippen molar-refractivity contribution in [2.75, 3.05) is 26.2 Å². The molecule has 1 N–H and O–H groups in total. The van der Waals surface area contributed by atoms with Gasteiger partial charge < -0.3 is 9.64 Å². The Labute approximate surface area is 111 Å². The lowest BCUT2D eigenvalue weighted by atomic mass is 10.1. The highest BCUT2D eigenvalue weighted by molar-refractivity contribution is 5.85. The van der Waals surface area contributed by atoms with Gasteiger partial charge in [0, 0.05) is 19.5 Å². The third kappa shape index (κ3) is 3.52. The molecule has 2 heterocycles. The van der Waals surface area contributed by atoms with E-state index in [1.807, 2.05) is 6.92 Å². The quantitative estimate of drug-likeness (QED) is 0.824. The largest absolute Gasteiger partial charge is 0.375 e. The van der Waals surface area contributed by atoms with Gasteiger partial charge in [0.1, 0.15) is 0 Å². The monoisotopic (exact) mass is 284 g/mol. The molecule has 0 spiro atoms. The van der Waals surface area contributed by atoms with Gasteiger partial charge in [0.05, 0.1) is 25.3 Å². The second-order valence-corrected chi connectivity index (χ2v) is 4.68. The first-order valence-corrected chi connectivity index (χ1v) is 6.03. The number of alkyl halides is 2. The zero-order valence-electron chi connectivity index (χ0n) is 10.3. The lowest BCUT2D eigenvalue weighted by Gasteiger charge is -2.34. The molecule has 2 fully saturated rings. The Hall–Kier alpha value is -0.460. The van der Waals surface area contributed by atoms with E-state index in [0.29, 0.717) is 19.7 Å². The highest BCUT2D eigenvalue weighted by atomic mass is 35.5. The van der Waals surface area contributed by atoms with Crippen molar-refractivity contribution in [3.63, 3.8) is 0 Å². The summed E-state index contributed by atoms with van der Waals surface area (Å²) in [5.41, 5.74) is 0. The van der Waals surface area contributed by atoms with Crippen LogP contribution in [0.25, 0.3) is 0 Å². The maximum Gasteiger partial charge on any atom is 0.262 e. The molecule has 18 heavy (non-hydrogen) atoms. The van der Waals surface area contributed by atoms with Crippen molar-refractivity contribution in [1.82, 2.24) is 10.2 Å². The van der Waals surface area contributed by atoms with Crippen LogP contribution in [0, 0.1) is 0 Å². The van der Waals surface area contributed by atoms with Gasteiger partial charge in [-0.3, -0.25) is 10.1 Å². The summed E-state index contributed by atoms with van der Waals surface area (Å²) in [6, 6.07) is -0.736. The third-order valence-electron chi connectivity index (χ3n) is 3.31. The van der Waals surface area contributed by atoms with Crippen molar-refractivity contribution < 1.29 is 18.3 Å². The van der Waals surface area contributed by atoms with E-state index in [2.05, 4.69) is 5.32 Å². The van der Waals surface area contributed by atoms with E-state index < -0.39 is 18.5 Å². The maximum atomic E-state index is 13.0. The number of rotatable bonds is 2.